The summed E-state index contributed by atoms with van der Waals surface area (Å²) in [5, 5.41) is -0.0417. The third-order valence-electron chi connectivity index (χ3n) is 10.4. The lowest BCUT2D eigenvalue weighted by molar-refractivity contribution is -0.201. The molecule has 0 spiro atoms. The van der Waals surface area contributed by atoms with Crippen molar-refractivity contribution in [3.63, 3.8) is 0 Å². The molecule has 41 heavy (non-hydrogen) atoms. The second-order valence-electron chi connectivity index (χ2n) is 14.6. The van der Waals surface area contributed by atoms with Crippen LogP contribution in [-0.2, 0) is 37.8 Å². The van der Waals surface area contributed by atoms with Gasteiger partial charge >= 0.3 is 17.9 Å². The molecule has 9 heteroatoms. The molecule has 230 valence electrons. The predicted octanol–water partition coefficient (Wildman–Crippen LogP) is 6.09. The predicted molar refractivity (Wildman–Crippen MR) is 158 cm³/mol. The Hall–Kier alpha value is -2.26. The van der Waals surface area contributed by atoms with Crippen LogP contribution in [0.1, 0.15) is 88.5 Å². The minimum atomic E-state index is -2.23. The zero-order valence-electron chi connectivity index (χ0n) is 27.1. The molecule has 0 aromatic heterocycles. The number of hydrogen-bond acceptors (Lipinski definition) is 8. The van der Waals surface area contributed by atoms with Crippen LogP contribution in [0.25, 0.3) is 0 Å². The number of allylic oxidation sites excluding steroid dienone is 1. The van der Waals surface area contributed by atoms with Crippen molar-refractivity contribution in [1.82, 2.24) is 0 Å². The van der Waals surface area contributed by atoms with E-state index in [1.807, 2.05) is 20.8 Å². The zero-order chi connectivity index (χ0) is 31.5. The fourth-order valence-electron chi connectivity index (χ4n) is 7.27. The molecule has 0 radical (unpaired) electrons. The van der Waals surface area contributed by atoms with Crippen molar-refractivity contribution in [1.29, 1.82) is 0 Å². The smallest absolute Gasteiger partial charge is 0.303 e. The summed E-state index contributed by atoms with van der Waals surface area (Å²) in [5.41, 5.74) is 0.267. The molecular formula is C32H50O8Si. The van der Waals surface area contributed by atoms with Crippen LogP contribution in [0.15, 0.2) is 23.3 Å². The maximum atomic E-state index is 13.5. The topological polar surface area (TPSA) is 105 Å². The number of Topliss-reactive ketones (excluding diaryl/α,β-unsaturated/α-hetero) is 1. The molecule has 7 atom stereocenters. The van der Waals surface area contributed by atoms with Gasteiger partial charge in [-0.25, -0.2) is 0 Å². The van der Waals surface area contributed by atoms with Crippen molar-refractivity contribution >= 4 is 32.0 Å². The maximum Gasteiger partial charge on any atom is 0.303 e. The van der Waals surface area contributed by atoms with E-state index in [-0.39, 0.29) is 23.3 Å². The van der Waals surface area contributed by atoms with Gasteiger partial charge in [-0.1, -0.05) is 48.1 Å². The van der Waals surface area contributed by atoms with Crippen LogP contribution >= 0.6 is 0 Å². The first-order valence-electron chi connectivity index (χ1n) is 14.7. The monoisotopic (exact) mass is 590 g/mol. The van der Waals surface area contributed by atoms with Crippen molar-refractivity contribution < 1.29 is 37.8 Å². The lowest BCUT2D eigenvalue weighted by Gasteiger charge is -2.60. The highest BCUT2D eigenvalue weighted by Gasteiger charge is 2.64. The van der Waals surface area contributed by atoms with E-state index in [1.165, 1.54) is 20.8 Å². The molecule has 3 aliphatic carbocycles. The van der Waals surface area contributed by atoms with Gasteiger partial charge in [-0.05, 0) is 60.0 Å². The Labute approximate surface area is 246 Å². The lowest BCUT2D eigenvalue weighted by atomic mass is 9.49. The van der Waals surface area contributed by atoms with Crippen LogP contribution in [0.3, 0.4) is 0 Å². The average Bonchev–Trinajstić information content (AvgIpc) is 2.78. The number of ketones is 1. The second kappa shape index (κ2) is 11.1. The molecule has 2 saturated carbocycles. The van der Waals surface area contributed by atoms with Gasteiger partial charge < -0.3 is 18.6 Å². The van der Waals surface area contributed by atoms with Gasteiger partial charge in [-0.3, -0.25) is 19.2 Å². The Kier molecular flexibility index (Phi) is 9.00. The summed E-state index contributed by atoms with van der Waals surface area (Å²) in [4.78, 5) is 51.5. The molecular weight excluding hydrogens is 540 g/mol. The minimum absolute atomic E-state index is 0.0417. The Balaban J connectivity index is 2.35. The summed E-state index contributed by atoms with van der Waals surface area (Å²) < 4.78 is 25.2. The summed E-state index contributed by atoms with van der Waals surface area (Å²) >= 11 is 0. The van der Waals surface area contributed by atoms with Gasteiger partial charge in [0.2, 0.25) is 0 Å². The quantitative estimate of drug-likeness (QED) is 0.164. The highest BCUT2D eigenvalue weighted by Crippen LogP contribution is 2.61. The highest BCUT2D eigenvalue weighted by atomic mass is 28.4. The molecule has 0 aliphatic heterocycles. The molecule has 0 unspecified atom stereocenters. The van der Waals surface area contributed by atoms with E-state index in [0.29, 0.717) is 24.0 Å². The van der Waals surface area contributed by atoms with E-state index in [4.69, 9.17) is 18.6 Å². The first kappa shape index (κ1) is 33.2. The van der Waals surface area contributed by atoms with Crippen molar-refractivity contribution in [2.75, 3.05) is 0 Å². The fraction of sp³-hybridized carbons (Fsp3) is 0.750. The van der Waals surface area contributed by atoms with Gasteiger partial charge in [0, 0.05) is 44.4 Å². The number of hydrogen-bond donors (Lipinski definition) is 0. The summed E-state index contributed by atoms with van der Waals surface area (Å²) in [6.45, 7) is 27.2. The van der Waals surface area contributed by atoms with E-state index in [1.54, 1.807) is 6.92 Å². The number of esters is 3. The third-order valence-corrected chi connectivity index (χ3v) is 14.9. The first-order chi connectivity index (χ1) is 18.6. The van der Waals surface area contributed by atoms with Crippen LogP contribution in [0.4, 0.5) is 0 Å². The Morgan fingerprint density at radius 3 is 1.98 bits per heavy atom. The largest absolute Gasteiger partial charge is 0.462 e. The van der Waals surface area contributed by atoms with Crippen LogP contribution in [0.5, 0.6) is 0 Å². The molecule has 0 heterocycles. The SMILES string of the molecule is C=C1[C@@H](O[Si](C)(C)C(C)(C)C)CC[C@@]2(C)[C@@H](OC(C)=O)[C@H](OC(C)=O)C3=C(C)C(=O)C[C@@H]([C@@H](OC(C)=O)[C@H]12)C3(C)C. The van der Waals surface area contributed by atoms with Gasteiger partial charge in [0.05, 0.1) is 6.10 Å². The van der Waals surface area contributed by atoms with Gasteiger partial charge in [0.25, 0.3) is 0 Å². The molecule has 0 N–H and O–H groups in total. The standard InChI is InChI=1S/C32H50O8Si/c1-17-23(36)16-22-27(37-19(3)33)26-18(2)24(40-41(12,13)30(6,7)8)14-15-32(26,11)29(39-21(5)35)28(38-20(4)34)25(17)31(22,9)10/h22,24,26-29H,2,14-16H2,1,3-13H3/t22-,24-,26-,27+,28+,29-,32+/m0/s1. The first-order valence-corrected chi connectivity index (χ1v) is 17.6. The number of ether oxygens (including phenoxy) is 3. The summed E-state index contributed by atoms with van der Waals surface area (Å²) in [7, 11) is -2.23. The van der Waals surface area contributed by atoms with E-state index in [0.717, 1.165) is 5.57 Å². The van der Waals surface area contributed by atoms with Gasteiger partial charge in [0.1, 0.15) is 12.2 Å². The van der Waals surface area contributed by atoms with Crippen LogP contribution < -0.4 is 0 Å². The van der Waals surface area contributed by atoms with Crippen molar-refractivity contribution in [2.24, 2.45) is 22.7 Å². The summed E-state index contributed by atoms with van der Waals surface area (Å²) in [5.74, 6) is -2.61. The summed E-state index contributed by atoms with van der Waals surface area (Å²) in [6.07, 6.45) is -1.68. The summed E-state index contributed by atoms with van der Waals surface area (Å²) in [6, 6.07) is 0. The molecule has 3 rings (SSSR count). The molecule has 0 saturated heterocycles. The molecule has 3 aliphatic rings. The van der Waals surface area contributed by atoms with Crippen molar-refractivity contribution in [3.8, 4) is 0 Å². The Morgan fingerprint density at radius 1 is 0.951 bits per heavy atom. The number of fused-ring (bicyclic) bond motifs is 3. The van der Waals surface area contributed by atoms with Crippen LogP contribution in [-0.4, -0.2) is 56.4 Å². The number of rotatable bonds is 5. The maximum absolute atomic E-state index is 13.5. The second-order valence-corrected chi connectivity index (χ2v) is 19.3. The number of carbonyl (C=O) groups excluding carboxylic acids is 4. The fourth-order valence-corrected chi connectivity index (χ4v) is 8.61. The third kappa shape index (κ3) is 5.98. The van der Waals surface area contributed by atoms with Crippen LogP contribution in [0, 0.1) is 22.7 Å². The normalized spacial score (nSPS) is 33.8. The van der Waals surface area contributed by atoms with Gasteiger partial charge in [-0.2, -0.15) is 0 Å². The zero-order valence-corrected chi connectivity index (χ0v) is 28.1. The molecule has 2 bridgehead atoms. The Bertz CT molecular complexity index is 1160. The van der Waals surface area contributed by atoms with Gasteiger partial charge in [-0.15, -0.1) is 0 Å². The minimum Gasteiger partial charge on any atom is -0.462 e. The molecule has 0 aromatic carbocycles. The highest BCUT2D eigenvalue weighted by molar-refractivity contribution is 6.74. The molecule has 0 aromatic rings. The lowest BCUT2D eigenvalue weighted by Crippen LogP contribution is -2.64. The van der Waals surface area contributed by atoms with Gasteiger partial charge in [0.15, 0.2) is 20.2 Å². The molecule has 2 fully saturated rings. The number of carbonyl (C=O) groups is 4. The van der Waals surface area contributed by atoms with E-state index < -0.39 is 67.2 Å². The van der Waals surface area contributed by atoms with E-state index >= 15 is 0 Å². The van der Waals surface area contributed by atoms with E-state index in [2.05, 4.69) is 40.4 Å². The van der Waals surface area contributed by atoms with Crippen LogP contribution in [0.2, 0.25) is 18.1 Å². The molecule has 8 nitrogen and oxygen atoms in total. The van der Waals surface area contributed by atoms with E-state index in [9.17, 15) is 19.2 Å². The van der Waals surface area contributed by atoms with Crippen molar-refractivity contribution in [2.45, 2.75) is 131 Å². The Morgan fingerprint density at radius 2 is 1.49 bits per heavy atom. The molecule has 0 amide bonds. The average molecular weight is 591 g/mol. The van der Waals surface area contributed by atoms with Crippen molar-refractivity contribution in [3.05, 3.63) is 23.3 Å².